The molecule has 1 saturated heterocycles. The molecule has 0 bridgehead atoms. The highest BCUT2D eigenvalue weighted by Gasteiger charge is 2.40. The van der Waals surface area contributed by atoms with E-state index in [0.717, 1.165) is 35.1 Å². The number of benzene rings is 1. The van der Waals surface area contributed by atoms with Crippen LogP contribution in [0.5, 0.6) is 5.75 Å². The minimum Gasteiger partial charge on any atom is -0.493 e. The van der Waals surface area contributed by atoms with Crippen LogP contribution >= 0.6 is 0 Å². The monoisotopic (exact) mass is 417 g/mol. The molecule has 0 atom stereocenters. The molecule has 0 radical (unpaired) electrons. The molecule has 7 heteroatoms. The van der Waals surface area contributed by atoms with Gasteiger partial charge in [-0.1, -0.05) is 32.9 Å². The van der Waals surface area contributed by atoms with Crippen LogP contribution in [0.25, 0.3) is 0 Å². The molecule has 30 heavy (non-hydrogen) atoms. The van der Waals surface area contributed by atoms with Crippen LogP contribution in [0.15, 0.2) is 28.7 Å². The van der Waals surface area contributed by atoms with Crippen LogP contribution in [0.4, 0.5) is 0 Å². The first kappa shape index (κ1) is 22.3. The summed E-state index contributed by atoms with van der Waals surface area (Å²) in [5.41, 5.74) is 1.95. The van der Waals surface area contributed by atoms with Crippen molar-refractivity contribution in [3.63, 3.8) is 0 Å². The van der Waals surface area contributed by atoms with Crippen LogP contribution in [0.1, 0.15) is 50.6 Å². The highest BCUT2D eigenvalue weighted by Crippen LogP contribution is 2.26. The molecule has 3 rings (SSSR count). The molecular weight excluding hydrogens is 386 g/mol. The molecule has 0 spiro atoms. The smallest absolute Gasteiger partial charge is 0.364 e. The molecule has 1 aliphatic heterocycles. The van der Waals surface area contributed by atoms with Crippen LogP contribution in [0, 0.1) is 12.8 Å². The normalized spacial score (nSPS) is 22.1. The van der Waals surface area contributed by atoms with E-state index >= 15 is 0 Å². The van der Waals surface area contributed by atoms with Crippen molar-refractivity contribution in [2.75, 3.05) is 19.8 Å². The lowest BCUT2D eigenvalue weighted by Crippen LogP contribution is -2.48. The van der Waals surface area contributed by atoms with Crippen molar-refractivity contribution < 1.29 is 28.5 Å². The minimum absolute atomic E-state index is 0.111. The molecule has 0 amide bonds. The van der Waals surface area contributed by atoms with E-state index in [2.05, 4.69) is 25.8 Å². The summed E-state index contributed by atoms with van der Waals surface area (Å²) in [6, 6.07) is 7.91. The lowest BCUT2D eigenvalue weighted by atomic mass is 9.97. The molecule has 0 unspecified atom stereocenters. The summed E-state index contributed by atoms with van der Waals surface area (Å²) in [4.78, 5) is 15.8. The molecule has 1 aromatic heterocycles. The number of aliphatic carboxylic acids is 1. The Bertz CT molecular complexity index is 857. The molecule has 1 aliphatic rings. The van der Waals surface area contributed by atoms with Gasteiger partial charge >= 0.3 is 5.97 Å². The molecule has 0 saturated carbocycles. The number of nitrogens with zero attached hydrogens (tertiary/aromatic N) is 1. The number of hydrogen-bond donors (Lipinski definition) is 1. The largest absolute Gasteiger partial charge is 0.493 e. The molecule has 7 nitrogen and oxygen atoms in total. The first-order chi connectivity index (χ1) is 14.1. The van der Waals surface area contributed by atoms with Crippen LogP contribution in [0.3, 0.4) is 0 Å². The van der Waals surface area contributed by atoms with E-state index in [-0.39, 0.29) is 11.3 Å². The van der Waals surface area contributed by atoms with E-state index in [9.17, 15) is 4.79 Å². The average molecular weight is 418 g/mol. The molecule has 1 fully saturated rings. The van der Waals surface area contributed by atoms with Crippen LogP contribution in [-0.2, 0) is 32.5 Å². The third kappa shape index (κ3) is 5.40. The molecule has 2 heterocycles. The van der Waals surface area contributed by atoms with Gasteiger partial charge in [-0.15, -0.1) is 0 Å². The zero-order chi connectivity index (χ0) is 21.9. The van der Waals surface area contributed by atoms with E-state index in [4.69, 9.17) is 23.7 Å². The van der Waals surface area contributed by atoms with Gasteiger partial charge in [-0.3, -0.25) is 0 Å². The predicted octanol–water partition coefficient (Wildman–Crippen LogP) is 3.91. The topological polar surface area (TPSA) is 91.0 Å². The predicted molar refractivity (Wildman–Crippen MR) is 111 cm³/mol. The molecular formula is C23H31NO6. The second kappa shape index (κ2) is 8.78. The Kier molecular flexibility index (Phi) is 6.53. The number of carbonyl (C=O) groups is 1. The van der Waals surface area contributed by atoms with Gasteiger partial charge in [-0.2, -0.15) is 0 Å². The van der Waals surface area contributed by atoms with Crippen LogP contribution in [-0.4, -0.2) is 41.7 Å². The number of hydrogen-bond acceptors (Lipinski definition) is 6. The van der Waals surface area contributed by atoms with E-state index < -0.39 is 11.8 Å². The fourth-order valence-electron chi connectivity index (χ4n) is 3.19. The molecule has 2 aromatic rings. The van der Waals surface area contributed by atoms with Crippen LogP contribution in [0.2, 0.25) is 0 Å². The zero-order valence-electron chi connectivity index (χ0n) is 18.4. The quantitative estimate of drug-likeness (QED) is 0.730. The molecule has 0 aliphatic carbocycles. The summed E-state index contributed by atoms with van der Waals surface area (Å²) >= 11 is 0. The zero-order valence-corrected chi connectivity index (χ0v) is 18.4. The Morgan fingerprint density at radius 1 is 1.23 bits per heavy atom. The molecule has 1 N–H and O–H groups in total. The maximum Gasteiger partial charge on any atom is 0.364 e. The van der Waals surface area contributed by atoms with Crippen molar-refractivity contribution in [3.05, 3.63) is 47.2 Å². The number of oxazole rings is 1. The van der Waals surface area contributed by atoms with Crippen molar-refractivity contribution in [1.29, 1.82) is 0 Å². The van der Waals surface area contributed by atoms with Gasteiger partial charge in [0.15, 0.2) is 5.89 Å². The van der Waals surface area contributed by atoms with Gasteiger partial charge < -0.3 is 23.7 Å². The highest BCUT2D eigenvalue weighted by molar-refractivity contribution is 5.75. The second-order valence-corrected chi connectivity index (χ2v) is 8.96. The van der Waals surface area contributed by atoms with Crippen molar-refractivity contribution in [2.45, 2.75) is 58.7 Å². The summed E-state index contributed by atoms with van der Waals surface area (Å²) in [7, 11) is 0. The third-order valence-corrected chi connectivity index (χ3v) is 5.17. The number of aromatic nitrogens is 1. The van der Waals surface area contributed by atoms with Gasteiger partial charge in [0.25, 0.3) is 5.79 Å². The van der Waals surface area contributed by atoms with Gasteiger partial charge in [-0.25, -0.2) is 9.78 Å². The third-order valence-electron chi connectivity index (χ3n) is 5.17. The van der Waals surface area contributed by atoms with E-state index in [1.165, 1.54) is 6.92 Å². The summed E-state index contributed by atoms with van der Waals surface area (Å²) in [6.45, 7) is 10.8. The molecule has 1 aromatic carbocycles. The summed E-state index contributed by atoms with van der Waals surface area (Å²) in [6.07, 6.45) is 1.44. The summed E-state index contributed by atoms with van der Waals surface area (Å²) in [5.74, 6) is -0.127. The van der Waals surface area contributed by atoms with Crippen molar-refractivity contribution in [2.24, 2.45) is 5.92 Å². The Balaban J connectivity index is 1.46. The first-order valence-electron chi connectivity index (χ1n) is 10.3. The lowest BCUT2D eigenvalue weighted by molar-refractivity contribution is -0.270. The summed E-state index contributed by atoms with van der Waals surface area (Å²) < 4.78 is 22.4. The maximum absolute atomic E-state index is 11.1. The second-order valence-electron chi connectivity index (χ2n) is 8.96. The Morgan fingerprint density at radius 3 is 2.40 bits per heavy atom. The Hall–Kier alpha value is -2.38. The Labute approximate surface area is 177 Å². The number of carboxylic acid groups (broad SMARTS) is 1. The highest BCUT2D eigenvalue weighted by atomic mass is 16.7. The van der Waals surface area contributed by atoms with Gasteiger partial charge in [0.05, 0.1) is 25.5 Å². The minimum atomic E-state index is -1.54. The van der Waals surface area contributed by atoms with Crippen molar-refractivity contribution in [3.8, 4) is 5.75 Å². The van der Waals surface area contributed by atoms with Crippen LogP contribution < -0.4 is 4.74 Å². The average Bonchev–Trinajstić information content (AvgIpc) is 3.06. The van der Waals surface area contributed by atoms with E-state index in [0.29, 0.717) is 26.2 Å². The van der Waals surface area contributed by atoms with Crippen molar-refractivity contribution >= 4 is 5.97 Å². The molecule has 164 valence electrons. The fraction of sp³-hybridized carbons (Fsp3) is 0.565. The number of rotatable bonds is 7. The van der Waals surface area contributed by atoms with E-state index in [1.54, 1.807) is 0 Å². The number of aryl methyl sites for hydroxylation is 1. The first-order valence-corrected chi connectivity index (χ1v) is 10.3. The summed E-state index contributed by atoms with van der Waals surface area (Å²) in [5, 5.41) is 9.13. The fourth-order valence-corrected chi connectivity index (χ4v) is 3.19. The van der Waals surface area contributed by atoms with Gasteiger partial charge in [0.2, 0.25) is 0 Å². The standard InChI is InChI=1S/C23H31NO6/c1-15-19(24-20(30-15)22(2,3)4)10-11-27-18-8-6-16(7-9-18)12-17-13-28-23(5,21(25)26)29-14-17/h6-9,17H,10-14H2,1-5H3,(H,25,26)/t17-,23-. The van der Waals surface area contributed by atoms with E-state index in [1.807, 2.05) is 31.2 Å². The number of ether oxygens (including phenoxy) is 3. The number of carboxylic acids is 1. The SMILES string of the molecule is Cc1oc(C(C)(C)C)nc1CCOc1ccc(C[C@H]2CO[C@](C)(C(=O)O)OC2)cc1. The maximum atomic E-state index is 11.1. The lowest BCUT2D eigenvalue weighted by Gasteiger charge is -2.34. The van der Waals surface area contributed by atoms with Gasteiger partial charge in [0.1, 0.15) is 11.5 Å². The Morgan fingerprint density at radius 2 is 1.87 bits per heavy atom. The van der Waals surface area contributed by atoms with Gasteiger partial charge in [0, 0.05) is 24.7 Å². The van der Waals surface area contributed by atoms with Gasteiger partial charge in [-0.05, 0) is 31.0 Å². The van der Waals surface area contributed by atoms with Crippen molar-refractivity contribution in [1.82, 2.24) is 4.98 Å².